The first-order valence-electron chi connectivity index (χ1n) is 9.29. The predicted molar refractivity (Wildman–Crippen MR) is 99.5 cm³/mol. The molecule has 0 spiro atoms. The van der Waals surface area contributed by atoms with Gasteiger partial charge in [0.2, 0.25) is 5.91 Å². The van der Waals surface area contributed by atoms with Gasteiger partial charge in [-0.1, -0.05) is 12.1 Å². The van der Waals surface area contributed by atoms with E-state index in [1.807, 2.05) is 0 Å². The zero-order chi connectivity index (χ0) is 17.9. The largest absolute Gasteiger partial charge is 0.369 e. The Morgan fingerprint density at radius 2 is 1.88 bits per heavy atom. The SMILES string of the molecule is Cc1cccc(N2CCN(CC(=O)NC3(C#N)CCCC3)CC2)c1C. The molecule has 1 aliphatic heterocycles. The number of amides is 1. The van der Waals surface area contributed by atoms with Gasteiger partial charge in [0, 0.05) is 31.9 Å². The number of carbonyl (C=O) groups excluding carboxylic acids is 1. The van der Waals surface area contributed by atoms with Gasteiger partial charge in [0.25, 0.3) is 0 Å². The smallest absolute Gasteiger partial charge is 0.235 e. The van der Waals surface area contributed by atoms with E-state index in [9.17, 15) is 10.1 Å². The van der Waals surface area contributed by atoms with Crippen molar-refractivity contribution in [3.8, 4) is 6.07 Å². The number of hydrogen-bond donors (Lipinski definition) is 1. The molecule has 1 amide bonds. The van der Waals surface area contributed by atoms with Crippen LogP contribution in [0.4, 0.5) is 5.69 Å². The van der Waals surface area contributed by atoms with Crippen LogP contribution < -0.4 is 10.2 Å². The molecule has 1 heterocycles. The number of carbonyl (C=O) groups is 1. The van der Waals surface area contributed by atoms with E-state index in [0.717, 1.165) is 51.9 Å². The maximum absolute atomic E-state index is 12.4. The molecule has 2 fully saturated rings. The lowest BCUT2D eigenvalue weighted by Gasteiger charge is -2.37. The second-order valence-electron chi connectivity index (χ2n) is 7.43. The minimum Gasteiger partial charge on any atom is -0.369 e. The second-order valence-corrected chi connectivity index (χ2v) is 7.43. The van der Waals surface area contributed by atoms with Crippen molar-refractivity contribution in [2.45, 2.75) is 45.1 Å². The van der Waals surface area contributed by atoms with Gasteiger partial charge in [0.1, 0.15) is 5.54 Å². The Labute approximate surface area is 150 Å². The third kappa shape index (κ3) is 3.96. The van der Waals surface area contributed by atoms with Crippen molar-refractivity contribution in [3.05, 3.63) is 29.3 Å². The zero-order valence-corrected chi connectivity index (χ0v) is 15.3. The summed E-state index contributed by atoms with van der Waals surface area (Å²) in [6, 6.07) is 8.77. The highest BCUT2D eigenvalue weighted by Gasteiger charge is 2.35. The van der Waals surface area contributed by atoms with Crippen molar-refractivity contribution >= 4 is 11.6 Å². The molecular formula is C20H28N4O. The quantitative estimate of drug-likeness (QED) is 0.914. The van der Waals surface area contributed by atoms with E-state index in [1.54, 1.807) is 0 Å². The first kappa shape index (κ1) is 17.8. The van der Waals surface area contributed by atoms with E-state index in [-0.39, 0.29) is 5.91 Å². The third-order valence-electron chi connectivity index (χ3n) is 5.71. The highest BCUT2D eigenvalue weighted by atomic mass is 16.2. The fourth-order valence-corrected chi connectivity index (χ4v) is 3.98. The van der Waals surface area contributed by atoms with Crippen molar-refractivity contribution in [3.63, 3.8) is 0 Å². The molecule has 1 aromatic rings. The van der Waals surface area contributed by atoms with E-state index < -0.39 is 5.54 Å². The summed E-state index contributed by atoms with van der Waals surface area (Å²) >= 11 is 0. The number of aryl methyl sites for hydroxylation is 1. The molecule has 1 aliphatic carbocycles. The van der Waals surface area contributed by atoms with Crippen molar-refractivity contribution in [1.29, 1.82) is 5.26 Å². The van der Waals surface area contributed by atoms with Crippen LogP contribution in [0.5, 0.6) is 0 Å². The van der Waals surface area contributed by atoms with Crippen LogP contribution in [-0.2, 0) is 4.79 Å². The van der Waals surface area contributed by atoms with Crippen molar-refractivity contribution < 1.29 is 4.79 Å². The molecule has 25 heavy (non-hydrogen) atoms. The van der Waals surface area contributed by atoms with E-state index in [0.29, 0.717) is 6.54 Å². The number of nitrogens with zero attached hydrogens (tertiary/aromatic N) is 3. The minimum absolute atomic E-state index is 0.0105. The van der Waals surface area contributed by atoms with Crippen LogP contribution in [0.2, 0.25) is 0 Å². The van der Waals surface area contributed by atoms with Gasteiger partial charge in [0.15, 0.2) is 0 Å². The number of piperazine rings is 1. The van der Waals surface area contributed by atoms with E-state index in [1.165, 1.54) is 16.8 Å². The fraction of sp³-hybridized carbons (Fsp3) is 0.600. The van der Waals surface area contributed by atoms with Crippen LogP contribution in [0.3, 0.4) is 0 Å². The summed E-state index contributed by atoms with van der Waals surface area (Å²) in [7, 11) is 0. The summed E-state index contributed by atoms with van der Waals surface area (Å²) < 4.78 is 0. The number of rotatable bonds is 4. The molecule has 2 aliphatic rings. The second kappa shape index (κ2) is 7.45. The van der Waals surface area contributed by atoms with E-state index in [2.05, 4.69) is 53.2 Å². The molecule has 5 nitrogen and oxygen atoms in total. The van der Waals surface area contributed by atoms with Gasteiger partial charge in [-0.25, -0.2) is 0 Å². The summed E-state index contributed by atoms with van der Waals surface area (Å²) in [6.45, 7) is 8.33. The molecule has 134 valence electrons. The maximum Gasteiger partial charge on any atom is 0.235 e. The van der Waals surface area contributed by atoms with Crippen LogP contribution in [0.15, 0.2) is 18.2 Å². The highest BCUT2D eigenvalue weighted by molar-refractivity contribution is 5.79. The Balaban J connectivity index is 1.52. The number of anilines is 1. The van der Waals surface area contributed by atoms with Gasteiger partial charge in [-0.05, 0) is 56.7 Å². The summed E-state index contributed by atoms with van der Waals surface area (Å²) in [5.41, 5.74) is 3.35. The van der Waals surface area contributed by atoms with Crippen molar-refractivity contribution in [2.24, 2.45) is 0 Å². The minimum atomic E-state index is -0.614. The predicted octanol–water partition coefficient (Wildman–Crippen LogP) is 2.38. The van der Waals surface area contributed by atoms with Crippen LogP contribution in [0.1, 0.15) is 36.8 Å². The van der Waals surface area contributed by atoms with E-state index in [4.69, 9.17) is 0 Å². The first-order chi connectivity index (χ1) is 12.0. The lowest BCUT2D eigenvalue weighted by Crippen LogP contribution is -2.53. The van der Waals surface area contributed by atoms with Crippen LogP contribution >= 0.6 is 0 Å². The Hall–Kier alpha value is -2.06. The molecular weight excluding hydrogens is 312 g/mol. The van der Waals surface area contributed by atoms with Crippen LogP contribution in [0.25, 0.3) is 0 Å². The molecule has 1 aromatic carbocycles. The highest BCUT2D eigenvalue weighted by Crippen LogP contribution is 2.29. The van der Waals surface area contributed by atoms with Gasteiger partial charge < -0.3 is 10.2 Å². The Morgan fingerprint density at radius 3 is 2.52 bits per heavy atom. The molecule has 5 heteroatoms. The molecule has 0 aromatic heterocycles. The zero-order valence-electron chi connectivity index (χ0n) is 15.3. The summed E-state index contributed by atoms with van der Waals surface area (Å²) in [5, 5.41) is 12.4. The standard InChI is InChI=1S/C20H28N4O/c1-16-6-5-7-18(17(16)2)24-12-10-23(11-13-24)14-19(25)22-20(15-21)8-3-4-9-20/h5-7H,3-4,8-14H2,1-2H3,(H,22,25). The average molecular weight is 340 g/mol. The number of nitriles is 1. The molecule has 0 radical (unpaired) electrons. The lowest BCUT2D eigenvalue weighted by molar-refractivity contribution is -0.123. The number of nitrogens with one attached hydrogen (secondary N) is 1. The fourth-order valence-electron chi connectivity index (χ4n) is 3.98. The Bertz CT molecular complexity index is 665. The van der Waals surface area contributed by atoms with Gasteiger partial charge in [0.05, 0.1) is 12.6 Å². The third-order valence-corrected chi connectivity index (χ3v) is 5.71. The molecule has 0 atom stereocenters. The Morgan fingerprint density at radius 1 is 1.20 bits per heavy atom. The number of hydrogen-bond acceptors (Lipinski definition) is 4. The molecule has 1 saturated carbocycles. The van der Waals surface area contributed by atoms with Gasteiger partial charge in [-0.2, -0.15) is 5.26 Å². The van der Waals surface area contributed by atoms with Crippen LogP contribution in [0, 0.1) is 25.2 Å². The maximum atomic E-state index is 12.4. The molecule has 1 saturated heterocycles. The first-order valence-corrected chi connectivity index (χ1v) is 9.29. The molecule has 0 unspecified atom stereocenters. The van der Waals surface area contributed by atoms with Gasteiger partial charge in [-0.3, -0.25) is 9.69 Å². The van der Waals surface area contributed by atoms with Crippen molar-refractivity contribution in [1.82, 2.24) is 10.2 Å². The van der Waals surface area contributed by atoms with Gasteiger partial charge >= 0.3 is 0 Å². The summed E-state index contributed by atoms with van der Waals surface area (Å²) in [5.74, 6) is -0.0105. The average Bonchev–Trinajstić information content (AvgIpc) is 3.07. The van der Waals surface area contributed by atoms with Crippen molar-refractivity contribution in [2.75, 3.05) is 37.6 Å². The Kier molecular flexibility index (Phi) is 5.29. The molecule has 1 N–H and O–H groups in total. The van der Waals surface area contributed by atoms with Crippen LogP contribution in [-0.4, -0.2) is 49.1 Å². The van der Waals surface area contributed by atoms with E-state index >= 15 is 0 Å². The molecule has 3 rings (SSSR count). The topological polar surface area (TPSA) is 59.4 Å². The van der Waals surface area contributed by atoms with Gasteiger partial charge in [-0.15, -0.1) is 0 Å². The normalized spacial score (nSPS) is 20.3. The molecule has 0 bridgehead atoms. The summed E-state index contributed by atoms with van der Waals surface area (Å²) in [4.78, 5) is 17.0. The monoisotopic (exact) mass is 340 g/mol. The lowest BCUT2D eigenvalue weighted by atomic mass is 10.00. The number of benzene rings is 1. The summed E-state index contributed by atoms with van der Waals surface area (Å²) in [6.07, 6.45) is 3.63.